The minimum atomic E-state index is -1.26. The number of unbranched alkanes of at least 4 members (excludes halogenated alkanes) is 10. The number of Topliss-reactive ketones (excluding diaryl/α,β-unsaturated/α-hetero) is 5. The molecule has 0 aromatic heterocycles. The Balaban J connectivity index is 1.43. The Morgan fingerprint density at radius 3 is 1.17 bits per heavy atom. The molecule has 35 heteroatoms. The van der Waals surface area contributed by atoms with Crippen LogP contribution in [0.2, 0.25) is 0 Å². The number of ketones is 5. The number of carboxylic acid groups (broad SMARTS) is 4. The first kappa shape index (κ1) is 108. The van der Waals surface area contributed by atoms with Crippen LogP contribution in [0.25, 0.3) is 0 Å². The lowest BCUT2D eigenvalue weighted by Crippen LogP contribution is -2.41. The maximum absolute atomic E-state index is 13.8. The molecule has 0 heterocycles. The number of aromatic carboxylic acids is 2. The van der Waals surface area contributed by atoms with Crippen molar-refractivity contribution in [3.05, 3.63) is 59.7 Å². The first-order valence-corrected chi connectivity index (χ1v) is 42.3. The normalized spacial score (nSPS) is 12.2. The molecule has 10 N–H and O–H groups in total. The number of ether oxygens (including phenoxy) is 10. The van der Waals surface area contributed by atoms with Crippen molar-refractivity contribution in [2.75, 3.05) is 152 Å². The Bertz CT molecular complexity index is 3370. The number of carboxylic acids is 4. The van der Waals surface area contributed by atoms with Gasteiger partial charge in [-0.3, -0.25) is 57.5 Å². The summed E-state index contributed by atoms with van der Waals surface area (Å²) in [6.07, 6.45) is 11.8. The molecule has 121 heavy (non-hydrogen) atoms. The molecule has 0 saturated heterocycles. The van der Waals surface area contributed by atoms with Gasteiger partial charge in [0, 0.05) is 108 Å². The molecule has 6 amide bonds. The van der Waals surface area contributed by atoms with Gasteiger partial charge < -0.3 is 99.7 Å². The summed E-state index contributed by atoms with van der Waals surface area (Å²) in [4.78, 5) is 184. The molecule has 0 unspecified atom stereocenters. The van der Waals surface area contributed by atoms with E-state index in [-0.39, 0.29) is 240 Å². The molecule has 0 radical (unpaired) electrons. The summed E-state index contributed by atoms with van der Waals surface area (Å²) in [5.41, 5.74) is -0.325. The summed E-state index contributed by atoms with van der Waals surface area (Å²) in [6, 6.07) is 11.0. The van der Waals surface area contributed by atoms with Crippen molar-refractivity contribution in [3.63, 3.8) is 0 Å². The predicted octanol–water partition coefficient (Wildman–Crippen LogP) is 7.20. The van der Waals surface area contributed by atoms with E-state index in [1.54, 1.807) is 45.0 Å². The second-order valence-electron chi connectivity index (χ2n) is 30.3. The molecular formula is C86H134N6O29. The van der Waals surface area contributed by atoms with E-state index in [0.29, 0.717) is 121 Å². The number of hydrogen-bond acceptors (Lipinski definition) is 25. The highest BCUT2D eigenvalue weighted by Gasteiger charge is 2.31. The van der Waals surface area contributed by atoms with Crippen molar-refractivity contribution in [2.45, 2.75) is 207 Å². The molecule has 35 nitrogen and oxygen atoms in total. The quantitative estimate of drug-likeness (QED) is 0.0292. The van der Waals surface area contributed by atoms with Crippen molar-refractivity contribution in [2.24, 2.45) is 23.2 Å². The Morgan fingerprint density at radius 1 is 0.322 bits per heavy atom. The fourth-order valence-electron chi connectivity index (χ4n) is 11.8. The van der Waals surface area contributed by atoms with Gasteiger partial charge >= 0.3 is 23.9 Å². The first-order valence-electron chi connectivity index (χ1n) is 42.3. The molecule has 0 fully saturated rings. The Hall–Kier alpha value is -9.23. The second-order valence-corrected chi connectivity index (χ2v) is 30.3. The highest BCUT2D eigenvalue weighted by Crippen LogP contribution is 2.27. The smallest absolute Gasteiger partial charge is 0.335 e. The minimum Gasteiger partial charge on any atom is -0.494 e. The van der Waals surface area contributed by atoms with E-state index in [2.05, 4.69) is 31.9 Å². The molecule has 0 aliphatic carbocycles. The zero-order valence-corrected chi connectivity index (χ0v) is 71.3. The van der Waals surface area contributed by atoms with E-state index in [1.165, 1.54) is 31.2 Å². The van der Waals surface area contributed by atoms with Crippen LogP contribution in [0.4, 0.5) is 0 Å². The number of aliphatic carboxylic acids is 2. The van der Waals surface area contributed by atoms with Gasteiger partial charge in [0.1, 0.15) is 67.1 Å². The molecule has 0 aliphatic heterocycles. The monoisotopic (exact) mass is 1710 g/mol. The number of nitrogens with one attached hydrogen (secondary N) is 6. The summed E-state index contributed by atoms with van der Waals surface area (Å²) < 4.78 is 54.6. The summed E-state index contributed by atoms with van der Waals surface area (Å²) in [6.45, 7) is 10.1. The molecule has 0 bridgehead atoms. The largest absolute Gasteiger partial charge is 0.494 e. The van der Waals surface area contributed by atoms with E-state index in [4.69, 9.17) is 57.6 Å². The molecular weight excluding hydrogens is 1580 g/mol. The van der Waals surface area contributed by atoms with Crippen molar-refractivity contribution in [3.8, 4) is 11.5 Å². The van der Waals surface area contributed by atoms with E-state index in [0.717, 1.165) is 38.5 Å². The zero-order valence-electron chi connectivity index (χ0n) is 71.3. The van der Waals surface area contributed by atoms with Crippen molar-refractivity contribution >= 4 is 88.2 Å². The molecule has 0 aliphatic rings. The van der Waals surface area contributed by atoms with Crippen molar-refractivity contribution in [1.82, 2.24) is 31.9 Å². The van der Waals surface area contributed by atoms with Gasteiger partial charge in [0.15, 0.2) is 5.78 Å². The number of rotatable bonds is 80. The fourth-order valence-corrected chi connectivity index (χ4v) is 11.8. The average Bonchev–Trinajstić information content (AvgIpc) is 0.733. The Labute approximate surface area is 710 Å². The number of amides is 6. The summed E-state index contributed by atoms with van der Waals surface area (Å²) >= 11 is 0. The number of benzene rings is 2. The zero-order chi connectivity index (χ0) is 89.1. The molecule has 0 spiro atoms. The van der Waals surface area contributed by atoms with Gasteiger partial charge in [-0.1, -0.05) is 65.7 Å². The van der Waals surface area contributed by atoms with Gasteiger partial charge in [-0.05, 0) is 133 Å². The van der Waals surface area contributed by atoms with Crippen LogP contribution >= 0.6 is 0 Å². The third-order valence-electron chi connectivity index (χ3n) is 19.0. The van der Waals surface area contributed by atoms with Crippen molar-refractivity contribution in [1.29, 1.82) is 0 Å². The second kappa shape index (κ2) is 68.3. The van der Waals surface area contributed by atoms with Crippen LogP contribution in [-0.2, 0) is 100 Å². The number of carbonyl (C=O) groups is 15. The van der Waals surface area contributed by atoms with Gasteiger partial charge in [0.05, 0.1) is 103 Å². The van der Waals surface area contributed by atoms with E-state index in [1.807, 2.05) is 0 Å². The number of hydrogen-bond donors (Lipinski definition) is 10. The molecule has 2 aromatic rings. The standard InChI is InChI=1S/C86H134N6O29/c1-63(93)66(20-13-15-37-87-79(101)60-117-53-48-112-42-19-23-70(95)59-116-52-49-113-45-39-89-76(98)35-29-68(84(108)109)56-69(94)22-11-8-6-5-7-9-17-43-120-71-30-25-64(26-31-71)82(104)105)57-74(96)67(58-75(97)86(2,3)4)21-14-16-38-88-80(102)61-118-54-51-115-47-41-91-81(103)62-119-55-50-114-46-40-90-77(99)36-34-73(85(110)111)92-78(100)24-12-10-18-44-121-72-32-27-65(28-33-72)83(106)107/h25-28,30-33,66-68,73H,5-24,29,34-62H2,1-4H3,(H,87,101)(H,88,102)(H,89,98)(H,90,99)(H,91,103)(H,92,100)(H,104,105)(H,106,107)(H,108,109)(H,110,111)/t66-,67-,68-,73+/m1/s1. The van der Waals surface area contributed by atoms with Gasteiger partial charge in [-0.25, -0.2) is 14.4 Å². The van der Waals surface area contributed by atoms with Crippen LogP contribution in [0.3, 0.4) is 0 Å². The Kier molecular flexibility index (Phi) is 60.9. The molecule has 4 atom stereocenters. The topological polar surface area (TPSA) is 501 Å². The Morgan fingerprint density at radius 2 is 0.719 bits per heavy atom. The lowest BCUT2D eigenvalue weighted by molar-refractivity contribution is -0.144. The van der Waals surface area contributed by atoms with Crippen LogP contribution in [-0.4, -0.2) is 266 Å². The van der Waals surface area contributed by atoms with Gasteiger partial charge in [0.25, 0.3) is 0 Å². The van der Waals surface area contributed by atoms with Crippen LogP contribution < -0.4 is 41.4 Å². The van der Waals surface area contributed by atoms with Crippen LogP contribution in [0, 0.1) is 23.2 Å². The molecule has 682 valence electrons. The SMILES string of the molecule is CC(=O)[C@H](CCCCNC(=O)COCCOCCCC(=O)COCCOCCNC(=O)CC[C@H](CC(=O)CCCCCCCCCOc1ccc(C(=O)O)cc1)C(=O)O)CC(=O)[C@H](CCCCNC(=O)COCCOCCNC(=O)COCCOCCNC(=O)CC[C@H](NC(=O)CCCCCOc1ccc(C(=O)O)cc1)C(=O)O)CC(=O)C(C)(C)C. The lowest BCUT2D eigenvalue weighted by atomic mass is 9.79. The third kappa shape index (κ3) is 59.2. The number of carbonyl (C=O) groups excluding carboxylic acids is 11. The summed E-state index contributed by atoms with van der Waals surface area (Å²) in [5.74, 6) is -8.27. The van der Waals surface area contributed by atoms with Crippen LogP contribution in [0.5, 0.6) is 11.5 Å². The van der Waals surface area contributed by atoms with Crippen LogP contribution in [0.1, 0.15) is 222 Å². The molecule has 0 saturated carbocycles. The fraction of sp³-hybridized carbons (Fsp3) is 0.686. The maximum atomic E-state index is 13.8. The third-order valence-corrected chi connectivity index (χ3v) is 19.0. The highest BCUT2D eigenvalue weighted by molar-refractivity contribution is 5.93. The van der Waals surface area contributed by atoms with E-state index in [9.17, 15) is 82.1 Å². The summed E-state index contributed by atoms with van der Waals surface area (Å²) in [5, 5.41) is 53.2. The maximum Gasteiger partial charge on any atom is 0.335 e. The van der Waals surface area contributed by atoms with Gasteiger partial charge in [-0.2, -0.15) is 0 Å². The minimum absolute atomic E-state index is 0.0118. The van der Waals surface area contributed by atoms with Gasteiger partial charge in [0.2, 0.25) is 35.4 Å². The lowest BCUT2D eigenvalue weighted by Gasteiger charge is -2.23. The van der Waals surface area contributed by atoms with Crippen molar-refractivity contribution < 1.29 is 140 Å². The summed E-state index contributed by atoms with van der Waals surface area (Å²) in [7, 11) is 0. The van der Waals surface area contributed by atoms with Crippen LogP contribution in [0.15, 0.2) is 48.5 Å². The first-order chi connectivity index (χ1) is 58.0. The van der Waals surface area contributed by atoms with Gasteiger partial charge in [-0.15, -0.1) is 0 Å². The van der Waals surface area contributed by atoms with E-state index >= 15 is 0 Å². The van der Waals surface area contributed by atoms with E-state index < -0.39 is 64.9 Å². The average molecular weight is 1720 g/mol. The highest BCUT2D eigenvalue weighted by atomic mass is 16.5. The molecule has 2 rings (SSSR count). The molecule has 2 aromatic carbocycles. The predicted molar refractivity (Wildman–Crippen MR) is 442 cm³/mol.